The molecule has 1 aromatic rings. The van der Waals surface area contributed by atoms with Crippen LogP contribution in [-0.2, 0) is 6.54 Å². The molecule has 5 heteroatoms. The van der Waals surface area contributed by atoms with Crippen LogP contribution >= 0.6 is 0 Å². The maximum atomic E-state index is 5.49. The van der Waals surface area contributed by atoms with Gasteiger partial charge in [0.05, 0.1) is 6.54 Å². The highest BCUT2D eigenvalue weighted by atomic mass is 16.4. The van der Waals surface area contributed by atoms with Crippen molar-refractivity contribution in [1.29, 1.82) is 0 Å². The Kier molecular flexibility index (Phi) is 3.66. The summed E-state index contributed by atoms with van der Waals surface area (Å²) in [6.07, 6.45) is 2.60. The van der Waals surface area contributed by atoms with E-state index in [-0.39, 0.29) is 0 Å². The van der Waals surface area contributed by atoms with Gasteiger partial charge in [-0.15, -0.1) is 5.10 Å². The first kappa shape index (κ1) is 12.4. The minimum absolute atomic E-state index is 0.455. The van der Waals surface area contributed by atoms with Crippen LogP contribution in [0.25, 0.3) is 0 Å². The van der Waals surface area contributed by atoms with Crippen molar-refractivity contribution in [3.05, 3.63) is 5.89 Å². The van der Waals surface area contributed by atoms with Gasteiger partial charge in [-0.1, -0.05) is 25.9 Å². The van der Waals surface area contributed by atoms with Crippen LogP contribution in [0.3, 0.4) is 0 Å². The van der Waals surface area contributed by atoms with Crippen molar-refractivity contribution in [2.45, 2.75) is 40.2 Å². The van der Waals surface area contributed by atoms with E-state index in [4.69, 9.17) is 4.42 Å². The molecule has 0 saturated heterocycles. The van der Waals surface area contributed by atoms with Crippen molar-refractivity contribution in [2.24, 2.45) is 11.3 Å². The van der Waals surface area contributed by atoms with Gasteiger partial charge in [-0.25, -0.2) is 0 Å². The normalized spacial score (nSPS) is 17.4. The number of rotatable bonds is 7. The van der Waals surface area contributed by atoms with Crippen molar-refractivity contribution in [1.82, 2.24) is 15.5 Å². The summed E-state index contributed by atoms with van der Waals surface area (Å²) in [7, 11) is 0. The van der Waals surface area contributed by atoms with Gasteiger partial charge < -0.3 is 15.1 Å². The zero-order valence-corrected chi connectivity index (χ0v) is 10.9. The molecule has 5 nitrogen and oxygen atoms in total. The second-order valence-corrected chi connectivity index (χ2v) is 5.15. The van der Waals surface area contributed by atoms with E-state index in [2.05, 4.69) is 41.6 Å². The van der Waals surface area contributed by atoms with Crippen molar-refractivity contribution in [3.63, 3.8) is 0 Å². The molecular formula is C12H22N4O. The fraction of sp³-hybridized carbons (Fsp3) is 0.833. The largest absolute Gasteiger partial charge is 0.407 e. The third kappa shape index (κ3) is 2.97. The summed E-state index contributed by atoms with van der Waals surface area (Å²) in [4.78, 5) is 0. The molecule has 1 aliphatic rings. The molecule has 2 rings (SSSR count). The van der Waals surface area contributed by atoms with Gasteiger partial charge in [0, 0.05) is 6.54 Å². The molecule has 0 bridgehead atoms. The zero-order valence-electron chi connectivity index (χ0n) is 10.9. The van der Waals surface area contributed by atoms with E-state index in [0.29, 0.717) is 29.8 Å². The molecule has 17 heavy (non-hydrogen) atoms. The van der Waals surface area contributed by atoms with Crippen LogP contribution in [0.2, 0.25) is 0 Å². The molecule has 1 saturated carbocycles. The molecule has 0 atom stereocenters. The summed E-state index contributed by atoms with van der Waals surface area (Å²) >= 11 is 0. The first-order chi connectivity index (χ1) is 8.16. The molecule has 1 aliphatic carbocycles. The Morgan fingerprint density at radius 1 is 1.35 bits per heavy atom. The molecule has 0 spiro atoms. The maximum absolute atomic E-state index is 5.49. The number of hydrogen-bond acceptors (Lipinski definition) is 5. The predicted molar refractivity (Wildman–Crippen MR) is 66.7 cm³/mol. The summed E-state index contributed by atoms with van der Waals surface area (Å²) in [6, 6.07) is 0.546. The highest BCUT2D eigenvalue weighted by Gasteiger charge is 2.45. The van der Waals surface area contributed by atoms with Crippen molar-refractivity contribution in [3.8, 4) is 0 Å². The first-order valence-corrected chi connectivity index (χ1v) is 6.43. The highest BCUT2D eigenvalue weighted by molar-refractivity contribution is 5.19. The van der Waals surface area contributed by atoms with Gasteiger partial charge in [-0.05, 0) is 30.7 Å². The highest BCUT2D eigenvalue weighted by Crippen LogP contribution is 2.51. The Hall–Kier alpha value is -1.10. The van der Waals surface area contributed by atoms with Crippen molar-refractivity contribution < 1.29 is 4.42 Å². The van der Waals surface area contributed by atoms with Crippen LogP contribution in [0, 0.1) is 11.3 Å². The van der Waals surface area contributed by atoms with Gasteiger partial charge in [-0.3, -0.25) is 0 Å². The fourth-order valence-electron chi connectivity index (χ4n) is 2.00. The quantitative estimate of drug-likeness (QED) is 0.761. The van der Waals surface area contributed by atoms with Crippen molar-refractivity contribution >= 4 is 6.01 Å². The van der Waals surface area contributed by atoms with E-state index in [1.54, 1.807) is 0 Å². The van der Waals surface area contributed by atoms with E-state index >= 15 is 0 Å². The van der Waals surface area contributed by atoms with Gasteiger partial charge in [-0.2, -0.15) is 0 Å². The molecule has 0 aliphatic heterocycles. The summed E-state index contributed by atoms with van der Waals surface area (Å²) in [5.74, 6) is 1.35. The van der Waals surface area contributed by atoms with Crippen LogP contribution in [0.5, 0.6) is 0 Å². The standard InChI is InChI=1S/C12H22N4O/c1-4-13-7-10-15-16-11(17-10)14-8-12(5-6-12)9(2)3/h9,13H,4-8H2,1-3H3,(H,14,16). The van der Waals surface area contributed by atoms with Crippen molar-refractivity contribution in [2.75, 3.05) is 18.4 Å². The van der Waals surface area contributed by atoms with Gasteiger partial charge in [0.2, 0.25) is 5.89 Å². The monoisotopic (exact) mass is 238 g/mol. The van der Waals surface area contributed by atoms with Crippen LogP contribution in [0.1, 0.15) is 39.5 Å². The lowest BCUT2D eigenvalue weighted by Gasteiger charge is -2.18. The minimum atomic E-state index is 0.455. The molecule has 2 N–H and O–H groups in total. The Bertz CT molecular complexity index is 357. The second kappa shape index (κ2) is 5.04. The van der Waals surface area contributed by atoms with Gasteiger partial charge in [0.25, 0.3) is 0 Å². The van der Waals surface area contributed by atoms with Gasteiger partial charge in [0.15, 0.2) is 0 Å². The zero-order chi connectivity index (χ0) is 12.3. The summed E-state index contributed by atoms with van der Waals surface area (Å²) in [5.41, 5.74) is 0.455. The van der Waals surface area contributed by atoms with Crippen LogP contribution in [-0.4, -0.2) is 23.3 Å². The smallest absolute Gasteiger partial charge is 0.315 e. The number of hydrogen-bond donors (Lipinski definition) is 2. The third-order valence-electron chi connectivity index (χ3n) is 3.70. The Balaban J connectivity index is 1.81. The molecule has 1 aromatic heterocycles. The number of nitrogens with zero attached hydrogens (tertiary/aromatic N) is 2. The third-order valence-corrected chi connectivity index (χ3v) is 3.70. The molecule has 96 valence electrons. The van der Waals surface area contributed by atoms with E-state index in [1.165, 1.54) is 12.8 Å². The Morgan fingerprint density at radius 2 is 2.12 bits per heavy atom. The van der Waals surface area contributed by atoms with E-state index in [1.807, 2.05) is 0 Å². The van der Waals surface area contributed by atoms with Crippen LogP contribution in [0.4, 0.5) is 6.01 Å². The topological polar surface area (TPSA) is 63.0 Å². The van der Waals surface area contributed by atoms with Crippen LogP contribution in [0.15, 0.2) is 4.42 Å². The minimum Gasteiger partial charge on any atom is -0.407 e. The van der Waals surface area contributed by atoms with Crippen LogP contribution < -0.4 is 10.6 Å². The molecule has 1 heterocycles. The number of anilines is 1. The van der Waals surface area contributed by atoms with E-state index in [9.17, 15) is 0 Å². The Morgan fingerprint density at radius 3 is 2.71 bits per heavy atom. The molecule has 0 amide bonds. The fourth-order valence-corrected chi connectivity index (χ4v) is 2.00. The van der Waals surface area contributed by atoms with E-state index < -0.39 is 0 Å². The lowest BCUT2D eigenvalue weighted by atomic mass is 9.92. The number of nitrogens with one attached hydrogen (secondary N) is 2. The molecular weight excluding hydrogens is 216 g/mol. The molecule has 1 fully saturated rings. The second-order valence-electron chi connectivity index (χ2n) is 5.15. The first-order valence-electron chi connectivity index (χ1n) is 6.43. The maximum Gasteiger partial charge on any atom is 0.315 e. The molecule has 0 unspecified atom stereocenters. The van der Waals surface area contributed by atoms with E-state index in [0.717, 1.165) is 13.1 Å². The molecule has 0 radical (unpaired) electrons. The lowest BCUT2D eigenvalue weighted by molar-refractivity contribution is 0.374. The summed E-state index contributed by atoms with van der Waals surface area (Å²) < 4.78 is 5.49. The SMILES string of the molecule is CCNCc1nnc(NCC2(C(C)C)CC2)o1. The Labute approximate surface area is 102 Å². The molecule has 0 aromatic carbocycles. The average Bonchev–Trinajstić information content (AvgIpc) is 2.98. The predicted octanol–water partition coefficient (Wildman–Crippen LogP) is 2.03. The van der Waals surface area contributed by atoms with Gasteiger partial charge in [0.1, 0.15) is 0 Å². The summed E-state index contributed by atoms with van der Waals surface area (Å²) in [6.45, 7) is 9.09. The lowest BCUT2D eigenvalue weighted by Crippen LogP contribution is -2.20. The average molecular weight is 238 g/mol. The summed E-state index contributed by atoms with van der Waals surface area (Å²) in [5, 5.41) is 14.4. The van der Waals surface area contributed by atoms with Gasteiger partial charge >= 0.3 is 6.01 Å². The number of aromatic nitrogens is 2.